The van der Waals surface area contributed by atoms with E-state index in [-0.39, 0.29) is 17.9 Å². The molecule has 1 N–H and O–H groups in total. The summed E-state index contributed by atoms with van der Waals surface area (Å²) in [6.45, 7) is 6.40. The van der Waals surface area contributed by atoms with Crippen molar-refractivity contribution in [2.45, 2.75) is 37.1 Å². The molecule has 2 heterocycles. The molecule has 0 spiro atoms. The number of carbonyl (C=O) groups is 2. The molecule has 33 heavy (non-hydrogen) atoms. The summed E-state index contributed by atoms with van der Waals surface area (Å²) < 4.78 is 0. The number of hydrogen-bond acceptors (Lipinski definition) is 4. The van der Waals surface area contributed by atoms with Crippen LogP contribution in [0.2, 0.25) is 0 Å². The number of rotatable bonds is 5. The minimum absolute atomic E-state index is 0.0659. The Bertz CT molecular complexity index is 1030. The van der Waals surface area contributed by atoms with Crippen molar-refractivity contribution in [3.63, 3.8) is 0 Å². The Balaban J connectivity index is 1.42. The van der Waals surface area contributed by atoms with Crippen LogP contribution in [0, 0.1) is 11.3 Å². The van der Waals surface area contributed by atoms with Gasteiger partial charge in [0.05, 0.1) is 17.0 Å². The van der Waals surface area contributed by atoms with E-state index in [1.165, 1.54) is 6.08 Å². The average Bonchev–Trinajstić information content (AvgIpc) is 2.89. The number of nitrogens with zero attached hydrogens (tertiary/aromatic N) is 3. The third-order valence-corrected chi connectivity index (χ3v) is 7.06. The van der Waals surface area contributed by atoms with Crippen LogP contribution in [0.15, 0.2) is 67.3 Å². The first-order valence-electron chi connectivity index (χ1n) is 11.6. The fourth-order valence-electron chi connectivity index (χ4n) is 4.99. The zero-order chi connectivity index (χ0) is 23.3. The smallest absolute Gasteiger partial charge is 0.245 e. The minimum Gasteiger partial charge on any atom is -0.371 e. The fourth-order valence-corrected chi connectivity index (χ4v) is 4.99. The van der Waals surface area contributed by atoms with E-state index in [1.807, 2.05) is 54.6 Å². The molecule has 6 heteroatoms. The number of piperidine rings is 2. The second-order valence-electron chi connectivity index (χ2n) is 8.87. The van der Waals surface area contributed by atoms with Crippen LogP contribution in [0.3, 0.4) is 0 Å². The maximum absolute atomic E-state index is 13.7. The van der Waals surface area contributed by atoms with E-state index < -0.39 is 5.41 Å². The molecule has 0 bridgehead atoms. The van der Waals surface area contributed by atoms with Crippen LogP contribution in [-0.2, 0) is 15.0 Å². The van der Waals surface area contributed by atoms with Crippen LogP contribution in [0.1, 0.15) is 36.8 Å². The highest BCUT2D eigenvalue weighted by atomic mass is 16.2. The van der Waals surface area contributed by atoms with Crippen molar-refractivity contribution in [1.29, 1.82) is 5.26 Å². The first kappa shape index (κ1) is 22.6. The Morgan fingerprint density at radius 3 is 2.21 bits per heavy atom. The molecule has 0 aromatic heterocycles. The predicted molar refractivity (Wildman–Crippen MR) is 129 cm³/mol. The number of nitrogens with one attached hydrogen (secondary N) is 1. The summed E-state index contributed by atoms with van der Waals surface area (Å²) >= 11 is 0. The number of benzene rings is 2. The van der Waals surface area contributed by atoms with Crippen LogP contribution in [-0.4, -0.2) is 48.9 Å². The molecule has 4 rings (SSSR count). The molecule has 0 aliphatic carbocycles. The van der Waals surface area contributed by atoms with E-state index in [0.29, 0.717) is 31.5 Å². The topological polar surface area (TPSA) is 76.4 Å². The van der Waals surface area contributed by atoms with Gasteiger partial charge in [-0.05, 0) is 61.6 Å². The quantitative estimate of drug-likeness (QED) is 0.720. The van der Waals surface area contributed by atoms with Gasteiger partial charge in [-0.1, -0.05) is 36.9 Å². The van der Waals surface area contributed by atoms with E-state index >= 15 is 0 Å². The van der Waals surface area contributed by atoms with Crippen LogP contribution >= 0.6 is 0 Å². The molecule has 2 fully saturated rings. The van der Waals surface area contributed by atoms with Crippen LogP contribution in [0.4, 0.5) is 5.69 Å². The zero-order valence-electron chi connectivity index (χ0n) is 18.9. The van der Waals surface area contributed by atoms with Crippen molar-refractivity contribution in [2.75, 3.05) is 31.1 Å². The summed E-state index contributed by atoms with van der Waals surface area (Å²) in [7, 11) is 0. The summed E-state index contributed by atoms with van der Waals surface area (Å²) in [5.74, 6) is -0.0107. The van der Waals surface area contributed by atoms with E-state index in [0.717, 1.165) is 37.2 Å². The predicted octanol–water partition coefficient (Wildman–Crippen LogP) is 3.39. The highest BCUT2D eigenvalue weighted by Gasteiger charge is 2.44. The lowest BCUT2D eigenvalue weighted by Crippen LogP contribution is -2.55. The lowest BCUT2D eigenvalue weighted by atomic mass is 9.71. The van der Waals surface area contributed by atoms with Crippen molar-refractivity contribution < 1.29 is 9.59 Å². The molecule has 6 nitrogen and oxygen atoms in total. The third kappa shape index (κ3) is 4.78. The SMILES string of the molecule is C=CC(=O)N1CCC(C(=O)NC2CCN(c3ccc(C#N)cc3)CC2)(c2ccccc2)CC1. The molecular weight excluding hydrogens is 412 g/mol. The molecule has 170 valence electrons. The van der Waals surface area contributed by atoms with Crippen LogP contribution in [0.25, 0.3) is 0 Å². The first-order valence-corrected chi connectivity index (χ1v) is 11.6. The van der Waals surface area contributed by atoms with Gasteiger partial charge in [-0.15, -0.1) is 0 Å². The van der Waals surface area contributed by atoms with Crippen molar-refractivity contribution in [1.82, 2.24) is 10.2 Å². The van der Waals surface area contributed by atoms with Gasteiger partial charge in [0.2, 0.25) is 11.8 Å². The molecule has 2 aromatic rings. The van der Waals surface area contributed by atoms with Gasteiger partial charge in [0.15, 0.2) is 0 Å². The number of amides is 2. The Hall–Kier alpha value is -3.59. The highest BCUT2D eigenvalue weighted by Crippen LogP contribution is 2.36. The van der Waals surface area contributed by atoms with E-state index in [9.17, 15) is 9.59 Å². The minimum atomic E-state index is -0.622. The number of carbonyl (C=O) groups excluding carboxylic acids is 2. The summed E-state index contributed by atoms with van der Waals surface area (Å²) in [5.41, 5.74) is 2.17. The van der Waals surface area contributed by atoms with Crippen LogP contribution in [0.5, 0.6) is 0 Å². The Kier molecular flexibility index (Phi) is 6.79. The number of anilines is 1. The molecular formula is C27H30N4O2. The van der Waals surface area contributed by atoms with Gasteiger partial charge in [0, 0.05) is 37.9 Å². The van der Waals surface area contributed by atoms with Gasteiger partial charge >= 0.3 is 0 Å². The van der Waals surface area contributed by atoms with Gasteiger partial charge < -0.3 is 15.1 Å². The van der Waals surface area contributed by atoms with Gasteiger partial charge in [-0.2, -0.15) is 5.26 Å². The molecule has 2 saturated heterocycles. The second kappa shape index (κ2) is 9.91. The maximum Gasteiger partial charge on any atom is 0.245 e. The molecule has 0 unspecified atom stereocenters. The van der Waals surface area contributed by atoms with E-state index in [1.54, 1.807) is 4.90 Å². The largest absolute Gasteiger partial charge is 0.371 e. The second-order valence-corrected chi connectivity index (χ2v) is 8.87. The summed E-state index contributed by atoms with van der Waals surface area (Å²) in [6.07, 6.45) is 4.30. The monoisotopic (exact) mass is 442 g/mol. The van der Waals surface area contributed by atoms with Crippen molar-refractivity contribution >= 4 is 17.5 Å². The Morgan fingerprint density at radius 2 is 1.64 bits per heavy atom. The molecule has 2 aromatic carbocycles. The molecule has 2 aliphatic heterocycles. The summed E-state index contributed by atoms with van der Waals surface area (Å²) in [4.78, 5) is 29.8. The summed E-state index contributed by atoms with van der Waals surface area (Å²) in [5, 5.41) is 12.3. The number of likely N-dealkylation sites (tertiary alicyclic amines) is 1. The molecule has 0 radical (unpaired) electrons. The molecule has 0 saturated carbocycles. The number of nitriles is 1. The first-order chi connectivity index (χ1) is 16.1. The number of hydrogen-bond donors (Lipinski definition) is 1. The zero-order valence-corrected chi connectivity index (χ0v) is 18.9. The summed E-state index contributed by atoms with van der Waals surface area (Å²) in [6, 6.07) is 19.9. The molecule has 2 aliphatic rings. The van der Waals surface area contributed by atoms with Gasteiger partial charge in [-0.3, -0.25) is 9.59 Å². The van der Waals surface area contributed by atoms with Crippen molar-refractivity contribution in [2.24, 2.45) is 0 Å². The standard InChI is InChI=1S/C27H30N4O2/c1-2-25(32)31-18-14-27(15-19-31,22-6-4-3-5-7-22)26(33)29-23-12-16-30(17-13-23)24-10-8-21(20-28)9-11-24/h2-11,23H,1,12-19H2,(H,29,33). The lowest BCUT2D eigenvalue weighted by Gasteiger charge is -2.42. The van der Waals surface area contributed by atoms with Gasteiger partial charge in [-0.25, -0.2) is 0 Å². The van der Waals surface area contributed by atoms with E-state index in [4.69, 9.17) is 5.26 Å². The van der Waals surface area contributed by atoms with Gasteiger partial charge in [0.1, 0.15) is 0 Å². The fraction of sp³-hybridized carbons (Fsp3) is 0.370. The van der Waals surface area contributed by atoms with E-state index in [2.05, 4.69) is 22.9 Å². The van der Waals surface area contributed by atoms with Crippen molar-refractivity contribution in [3.8, 4) is 6.07 Å². The normalized spacial score (nSPS) is 18.3. The Morgan fingerprint density at radius 1 is 1.00 bits per heavy atom. The molecule has 0 atom stereocenters. The molecule has 2 amide bonds. The van der Waals surface area contributed by atoms with Crippen molar-refractivity contribution in [3.05, 3.63) is 78.4 Å². The highest BCUT2D eigenvalue weighted by molar-refractivity contribution is 5.90. The average molecular weight is 443 g/mol. The van der Waals surface area contributed by atoms with Gasteiger partial charge in [0.25, 0.3) is 0 Å². The third-order valence-electron chi connectivity index (χ3n) is 7.06. The lowest BCUT2D eigenvalue weighted by molar-refractivity contribution is -0.134. The van der Waals surface area contributed by atoms with Crippen LogP contribution < -0.4 is 10.2 Å². The Labute approximate surface area is 195 Å². The maximum atomic E-state index is 13.7.